The Bertz CT molecular complexity index is 1530. The Morgan fingerprint density at radius 2 is 1.78 bits per heavy atom. The van der Waals surface area contributed by atoms with E-state index >= 15 is 4.39 Å². The van der Waals surface area contributed by atoms with Gasteiger partial charge in [0.1, 0.15) is 17.3 Å². The second-order valence-electron chi connectivity index (χ2n) is 13.8. The minimum absolute atomic E-state index is 0.0138. The van der Waals surface area contributed by atoms with E-state index in [9.17, 15) is 14.7 Å². The summed E-state index contributed by atoms with van der Waals surface area (Å²) in [5.41, 5.74) is 2.08. The molecule has 2 saturated heterocycles. The summed E-state index contributed by atoms with van der Waals surface area (Å²) in [6.07, 6.45) is 1.85. The number of nitrogens with zero attached hydrogens (tertiary/aromatic N) is 4. The van der Waals surface area contributed by atoms with Crippen molar-refractivity contribution in [2.45, 2.75) is 91.0 Å². The Morgan fingerprint density at radius 1 is 1.09 bits per heavy atom. The molecule has 10 heteroatoms. The predicted molar refractivity (Wildman–Crippen MR) is 175 cm³/mol. The van der Waals surface area contributed by atoms with E-state index in [1.54, 1.807) is 30.9 Å². The van der Waals surface area contributed by atoms with Crippen molar-refractivity contribution in [1.29, 1.82) is 0 Å². The summed E-state index contributed by atoms with van der Waals surface area (Å²) in [5, 5.41) is 22.1. The van der Waals surface area contributed by atoms with Crippen molar-refractivity contribution in [2.75, 3.05) is 19.6 Å². The summed E-state index contributed by atoms with van der Waals surface area (Å²) in [6, 6.07) is 13.9. The van der Waals surface area contributed by atoms with Crippen LogP contribution in [0.25, 0.3) is 11.3 Å². The number of benzene rings is 2. The van der Waals surface area contributed by atoms with Crippen molar-refractivity contribution >= 4 is 11.8 Å². The fraction of sp³-hybridized carbons (Fsp3) is 0.500. The minimum atomic E-state index is -0.831. The van der Waals surface area contributed by atoms with Crippen molar-refractivity contribution in [2.24, 2.45) is 5.92 Å². The molecule has 2 aliphatic heterocycles. The molecule has 3 aromatic rings. The fourth-order valence-corrected chi connectivity index (χ4v) is 6.08. The molecule has 0 spiro atoms. The van der Waals surface area contributed by atoms with E-state index in [1.807, 2.05) is 38.1 Å². The second-order valence-corrected chi connectivity index (χ2v) is 13.8. The number of aliphatic hydroxyl groups is 1. The number of likely N-dealkylation sites (tertiary alicyclic amines) is 2. The van der Waals surface area contributed by atoms with Crippen LogP contribution in [0.4, 0.5) is 4.39 Å². The molecule has 1 unspecified atom stereocenters. The quantitative estimate of drug-likeness (QED) is 0.286. The largest absolute Gasteiger partial charge is 0.457 e. The number of amides is 2. The Labute approximate surface area is 271 Å². The van der Waals surface area contributed by atoms with Gasteiger partial charge in [0.05, 0.1) is 22.6 Å². The van der Waals surface area contributed by atoms with Gasteiger partial charge in [-0.2, -0.15) is 10.2 Å². The number of aromatic nitrogens is 2. The third kappa shape index (κ3) is 7.90. The van der Waals surface area contributed by atoms with Gasteiger partial charge in [0.15, 0.2) is 0 Å². The number of ether oxygens (including phenoxy) is 1. The van der Waals surface area contributed by atoms with Gasteiger partial charge in [0.2, 0.25) is 5.91 Å². The number of carbonyl (C=O) groups excluding carboxylic acids is 2. The maximum atomic E-state index is 15.6. The van der Waals surface area contributed by atoms with Gasteiger partial charge in [-0.25, -0.2) is 4.39 Å². The average molecular weight is 632 g/mol. The van der Waals surface area contributed by atoms with E-state index in [4.69, 9.17) is 4.74 Å². The molecule has 9 nitrogen and oxygen atoms in total. The van der Waals surface area contributed by atoms with Gasteiger partial charge in [-0.15, -0.1) is 0 Å². The number of halogens is 1. The van der Waals surface area contributed by atoms with Gasteiger partial charge in [-0.1, -0.05) is 20.8 Å². The van der Waals surface area contributed by atoms with Crippen molar-refractivity contribution in [3.05, 3.63) is 71.2 Å². The van der Waals surface area contributed by atoms with Crippen molar-refractivity contribution in [3.63, 3.8) is 0 Å². The van der Waals surface area contributed by atoms with E-state index in [1.165, 1.54) is 12.1 Å². The van der Waals surface area contributed by atoms with Crippen LogP contribution in [-0.4, -0.2) is 74.2 Å². The molecule has 5 rings (SSSR count). The van der Waals surface area contributed by atoms with Crippen LogP contribution in [0.15, 0.2) is 48.5 Å². The lowest BCUT2D eigenvalue weighted by molar-refractivity contribution is -0.128. The molecule has 0 aliphatic carbocycles. The van der Waals surface area contributed by atoms with Crippen molar-refractivity contribution < 1.29 is 23.8 Å². The first-order valence-electron chi connectivity index (χ1n) is 16.3. The molecule has 2 amide bonds. The number of carbonyl (C=O) groups is 2. The molecular weight excluding hydrogens is 585 g/mol. The third-order valence-corrected chi connectivity index (χ3v) is 9.25. The van der Waals surface area contributed by atoms with Gasteiger partial charge < -0.3 is 20.1 Å². The third-order valence-electron chi connectivity index (χ3n) is 9.25. The molecule has 1 aromatic heterocycles. The Kier molecular flexibility index (Phi) is 10.1. The fourth-order valence-electron chi connectivity index (χ4n) is 6.08. The highest BCUT2D eigenvalue weighted by Crippen LogP contribution is 2.32. The summed E-state index contributed by atoms with van der Waals surface area (Å²) >= 11 is 0. The average Bonchev–Trinajstić information content (AvgIpc) is 3.34. The standard InChI is InChI=1S/C36H46FN5O4/c1-22(2)31-11-12-32(40-39-31)25-7-9-28(10-8-25)46-33-19-29(30(37)18-26(33)21-42-20-23(3)17-34(42)43)35(44)38-27-13-15-41(16-14-27)24(4)36(5,6)45/h7-12,18-19,22-24,27,45H,13-17,20-21H2,1-6H3,(H,38,44)/t23-,24?/m0/s1. The Hall–Kier alpha value is -3.89. The van der Waals surface area contributed by atoms with E-state index in [0.717, 1.165) is 30.0 Å². The van der Waals surface area contributed by atoms with E-state index in [-0.39, 0.29) is 41.9 Å². The van der Waals surface area contributed by atoms with Gasteiger partial charge in [-0.3, -0.25) is 14.5 Å². The van der Waals surface area contributed by atoms with Crippen LogP contribution in [0.2, 0.25) is 0 Å². The Balaban J connectivity index is 1.34. The number of rotatable bonds is 10. The van der Waals surface area contributed by atoms with Crippen LogP contribution in [0.5, 0.6) is 11.5 Å². The molecule has 2 aromatic carbocycles. The lowest BCUT2D eigenvalue weighted by Crippen LogP contribution is -2.53. The number of hydrogen-bond donors (Lipinski definition) is 2. The zero-order valence-corrected chi connectivity index (χ0v) is 27.7. The SMILES string of the molecule is CC(C)c1ccc(-c2ccc(Oc3cc(C(=O)NC4CCN(C(C)C(C)(C)O)CC4)c(F)cc3CN3C[C@@H](C)CC3=O)cc2)nn1. The van der Waals surface area contributed by atoms with Crippen LogP contribution >= 0.6 is 0 Å². The summed E-state index contributed by atoms with van der Waals surface area (Å²) < 4.78 is 21.9. The molecular formula is C36H46FN5O4. The minimum Gasteiger partial charge on any atom is -0.457 e. The van der Waals surface area contributed by atoms with Crippen LogP contribution in [0, 0.1) is 11.7 Å². The van der Waals surface area contributed by atoms with Gasteiger partial charge in [0, 0.05) is 55.8 Å². The molecule has 2 atom stereocenters. The molecule has 2 aliphatic rings. The molecule has 2 fully saturated rings. The topological polar surface area (TPSA) is 108 Å². The Morgan fingerprint density at radius 3 is 2.35 bits per heavy atom. The van der Waals surface area contributed by atoms with Crippen LogP contribution in [0.3, 0.4) is 0 Å². The molecule has 0 radical (unpaired) electrons. The molecule has 0 bridgehead atoms. The molecule has 0 saturated carbocycles. The summed E-state index contributed by atoms with van der Waals surface area (Å²) in [6.45, 7) is 14.0. The van der Waals surface area contributed by atoms with Crippen LogP contribution < -0.4 is 10.1 Å². The first kappa shape index (κ1) is 33.5. The van der Waals surface area contributed by atoms with Crippen LogP contribution in [-0.2, 0) is 11.3 Å². The lowest BCUT2D eigenvalue weighted by Gasteiger charge is -2.41. The zero-order chi connectivity index (χ0) is 33.2. The number of nitrogens with one attached hydrogen (secondary N) is 1. The van der Waals surface area contributed by atoms with Gasteiger partial charge in [0.25, 0.3) is 5.91 Å². The van der Waals surface area contributed by atoms with E-state index in [0.29, 0.717) is 42.9 Å². The van der Waals surface area contributed by atoms with Gasteiger partial charge in [-0.05, 0) is 94.0 Å². The maximum Gasteiger partial charge on any atom is 0.254 e. The highest BCUT2D eigenvalue weighted by atomic mass is 19.1. The molecule has 2 N–H and O–H groups in total. The summed E-state index contributed by atoms with van der Waals surface area (Å²) in [5.74, 6) is 0.175. The van der Waals surface area contributed by atoms with Crippen LogP contribution in [0.1, 0.15) is 88.3 Å². The number of hydrogen-bond acceptors (Lipinski definition) is 7. The molecule has 46 heavy (non-hydrogen) atoms. The zero-order valence-electron chi connectivity index (χ0n) is 27.7. The first-order valence-corrected chi connectivity index (χ1v) is 16.3. The van der Waals surface area contributed by atoms with Gasteiger partial charge >= 0.3 is 0 Å². The van der Waals surface area contributed by atoms with E-state index in [2.05, 4.69) is 34.3 Å². The number of piperidine rings is 1. The monoisotopic (exact) mass is 631 g/mol. The van der Waals surface area contributed by atoms with Crippen molar-refractivity contribution in [3.8, 4) is 22.8 Å². The second kappa shape index (κ2) is 13.8. The normalized spacial score (nSPS) is 18.7. The lowest BCUT2D eigenvalue weighted by atomic mass is 9.95. The maximum absolute atomic E-state index is 15.6. The first-order chi connectivity index (χ1) is 21.8. The molecule has 3 heterocycles. The van der Waals surface area contributed by atoms with E-state index < -0.39 is 17.3 Å². The summed E-state index contributed by atoms with van der Waals surface area (Å²) in [4.78, 5) is 29.9. The predicted octanol–water partition coefficient (Wildman–Crippen LogP) is 5.92. The smallest absolute Gasteiger partial charge is 0.254 e. The highest BCUT2D eigenvalue weighted by Gasteiger charge is 2.32. The molecule has 246 valence electrons. The van der Waals surface area contributed by atoms with Crippen molar-refractivity contribution in [1.82, 2.24) is 25.3 Å². The summed E-state index contributed by atoms with van der Waals surface area (Å²) in [7, 11) is 0. The highest BCUT2D eigenvalue weighted by molar-refractivity contribution is 5.95.